The van der Waals surface area contributed by atoms with Crippen LogP contribution < -0.4 is 103 Å². The molecule has 16 nitrogen and oxygen atoms in total. The Labute approximate surface area is 336 Å². The van der Waals surface area contributed by atoms with Gasteiger partial charge in [-0.25, -0.2) is 0 Å². The molecule has 0 radical (unpaired) electrons. The summed E-state index contributed by atoms with van der Waals surface area (Å²) in [6, 6.07) is 0. The monoisotopic (exact) mass is 732 g/mol. The molecule has 1 rings (SSSR count). The van der Waals surface area contributed by atoms with Gasteiger partial charge in [-0.05, 0) is 12.8 Å². The summed E-state index contributed by atoms with van der Waals surface area (Å²) in [4.78, 5) is 59.0. The van der Waals surface area contributed by atoms with Crippen LogP contribution in [0.5, 0.6) is 0 Å². The van der Waals surface area contributed by atoms with Crippen molar-refractivity contribution >= 4 is 27.6 Å². The molecule has 0 aliphatic heterocycles. The number of hydrogen-bond acceptors (Lipinski definition) is 16. The van der Waals surface area contributed by atoms with Crippen LogP contribution >= 0.6 is 15.6 Å². The molecule has 21 heteroatoms. The van der Waals surface area contributed by atoms with Crippen molar-refractivity contribution in [2.24, 2.45) is 0 Å². The van der Waals surface area contributed by atoms with Crippen molar-refractivity contribution in [2.45, 2.75) is 134 Å². The van der Waals surface area contributed by atoms with Crippen LogP contribution in [0.4, 0.5) is 0 Å². The number of ether oxygens (including phenoxy) is 2. The Morgan fingerprint density at radius 3 is 1.59 bits per heavy atom. The standard InChI is InChI=1S/C25H48O16P2.3Na/c1-3-5-7-9-11-13-18(26)37-15-17(39-19(27)14-12-10-8-6-4-2)16-38-43(35,36)41-25-22(30)20(28)21(29)24(23(25)31)40-42(32,33)34;;;/h17,20-25,28-31H,3-16H2,1-2H3,(H,35,36)(H2,32,33,34);;;/q;3*+1/p-3/t17-,20-,21-,22-,23-,24+,25-;;;/m1.../s1. The van der Waals surface area contributed by atoms with E-state index in [9.17, 15) is 53.8 Å². The first kappa shape index (κ1) is 52.4. The molecule has 1 aliphatic carbocycles. The third kappa shape index (κ3) is 22.0. The maximum absolute atomic E-state index is 12.5. The van der Waals surface area contributed by atoms with Crippen LogP contribution in [0.2, 0.25) is 0 Å². The summed E-state index contributed by atoms with van der Waals surface area (Å²) in [6.07, 6.45) is -6.72. The van der Waals surface area contributed by atoms with Crippen molar-refractivity contribution in [3.63, 3.8) is 0 Å². The quantitative estimate of drug-likeness (QED) is 0.0349. The van der Waals surface area contributed by atoms with E-state index >= 15 is 0 Å². The van der Waals surface area contributed by atoms with Crippen molar-refractivity contribution in [2.75, 3.05) is 13.2 Å². The van der Waals surface area contributed by atoms with Gasteiger partial charge in [0.2, 0.25) is 0 Å². The van der Waals surface area contributed by atoms with Crippen molar-refractivity contribution in [1.82, 2.24) is 0 Å². The molecule has 0 amide bonds. The number of hydrogen-bond donors (Lipinski definition) is 4. The third-order valence-electron chi connectivity index (χ3n) is 6.66. The van der Waals surface area contributed by atoms with Gasteiger partial charge in [-0.15, -0.1) is 0 Å². The van der Waals surface area contributed by atoms with Gasteiger partial charge in [-0.1, -0.05) is 65.2 Å². The molecule has 0 aromatic heterocycles. The Bertz CT molecular complexity index is 930. The molecule has 254 valence electrons. The summed E-state index contributed by atoms with van der Waals surface area (Å²) in [7, 11) is -11.4. The van der Waals surface area contributed by atoms with E-state index in [1.54, 1.807) is 0 Å². The molecule has 0 heterocycles. The molecule has 1 aliphatic rings. The SMILES string of the molecule is CCCCCCCC(=O)OC[C@H](COP(=O)([O-])O[C@H]1[C@H](O)[C@@H](OP(=O)([O-])[O-])[C@H](O)[C@@H](O)[C@H]1O)OC(=O)CCCCCCC.[Na+].[Na+].[Na+]. The fraction of sp³-hybridized carbons (Fsp3) is 0.920. The van der Waals surface area contributed by atoms with Gasteiger partial charge in [-0.2, -0.15) is 0 Å². The van der Waals surface area contributed by atoms with E-state index in [0.717, 1.165) is 51.4 Å². The molecule has 0 aromatic carbocycles. The molecule has 1 fully saturated rings. The van der Waals surface area contributed by atoms with E-state index in [0.29, 0.717) is 12.8 Å². The van der Waals surface area contributed by atoms with Crippen LogP contribution in [-0.4, -0.2) is 88.3 Å². The third-order valence-corrected chi connectivity index (χ3v) is 8.13. The summed E-state index contributed by atoms with van der Waals surface area (Å²) in [5, 5.41) is 40.3. The first-order valence-electron chi connectivity index (χ1n) is 14.5. The molecule has 4 N–H and O–H groups in total. The molecule has 0 saturated heterocycles. The Balaban J connectivity index is -0.00000616. The van der Waals surface area contributed by atoms with Gasteiger partial charge < -0.3 is 62.7 Å². The normalized spacial score (nSPS) is 24.7. The van der Waals surface area contributed by atoms with Gasteiger partial charge in [0.25, 0.3) is 7.82 Å². The van der Waals surface area contributed by atoms with Crippen LogP contribution in [-0.2, 0) is 41.8 Å². The Morgan fingerprint density at radius 1 is 0.652 bits per heavy atom. The van der Waals surface area contributed by atoms with Gasteiger partial charge in [0.05, 0.1) is 14.4 Å². The maximum Gasteiger partial charge on any atom is 1.00 e. The van der Waals surface area contributed by atoms with E-state index in [2.05, 4.69) is 16.0 Å². The molecule has 0 bridgehead atoms. The summed E-state index contributed by atoms with van der Waals surface area (Å²) in [5.41, 5.74) is 0. The first-order chi connectivity index (χ1) is 20.1. The minimum absolute atomic E-state index is 0. The fourth-order valence-electron chi connectivity index (χ4n) is 4.30. The van der Waals surface area contributed by atoms with Crippen LogP contribution in [0.1, 0.15) is 90.9 Å². The van der Waals surface area contributed by atoms with E-state index in [1.807, 2.05) is 6.92 Å². The number of carbonyl (C=O) groups excluding carboxylic acids is 2. The minimum atomic E-state index is -5.85. The van der Waals surface area contributed by atoms with E-state index in [-0.39, 0.29) is 102 Å². The van der Waals surface area contributed by atoms with Crippen molar-refractivity contribution < 1.29 is 166 Å². The zero-order valence-corrected chi connectivity index (χ0v) is 35.3. The second-order valence-electron chi connectivity index (χ2n) is 10.4. The summed E-state index contributed by atoms with van der Waals surface area (Å²) in [5.74, 6) is -1.29. The van der Waals surface area contributed by atoms with Crippen LogP contribution in [0.25, 0.3) is 0 Å². The zero-order chi connectivity index (χ0) is 32.6. The minimum Gasteiger partial charge on any atom is -0.790 e. The predicted molar refractivity (Wildman–Crippen MR) is 143 cm³/mol. The number of esters is 2. The second kappa shape index (κ2) is 27.6. The second-order valence-corrected chi connectivity index (χ2v) is 12.9. The average molecular weight is 733 g/mol. The predicted octanol–water partition coefficient (Wildman–Crippen LogP) is -9.28. The van der Waals surface area contributed by atoms with Gasteiger partial charge in [0.1, 0.15) is 43.2 Å². The van der Waals surface area contributed by atoms with Gasteiger partial charge in [0, 0.05) is 12.8 Å². The van der Waals surface area contributed by atoms with Gasteiger partial charge >= 0.3 is 101 Å². The molecule has 1 saturated carbocycles. The first-order valence-corrected chi connectivity index (χ1v) is 17.5. The largest absolute Gasteiger partial charge is 1.00 e. The Morgan fingerprint density at radius 2 is 1.11 bits per heavy atom. The molecule has 0 aromatic rings. The van der Waals surface area contributed by atoms with Crippen LogP contribution in [0, 0.1) is 0 Å². The number of carbonyl (C=O) groups is 2. The van der Waals surface area contributed by atoms with Crippen LogP contribution in [0.3, 0.4) is 0 Å². The van der Waals surface area contributed by atoms with Crippen molar-refractivity contribution in [3.05, 3.63) is 0 Å². The number of aliphatic hydroxyl groups excluding tert-OH is 4. The molecule has 1 unspecified atom stereocenters. The molecule has 0 spiro atoms. The number of rotatable bonds is 22. The van der Waals surface area contributed by atoms with E-state index in [1.165, 1.54) is 0 Å². The topological polar surface area (TPSA) is 265 Å². The number of aliphatic hydroxyl groups is 4. The fourth-order valence-corrected chi connectivity index (χ4v) is 5.80. The Kier molecular flexibility index (Phi) is 31.4. The maximum atomic E-state index is 12.5. The molecule has 8 atom stereocenters. The van der Waals surface area contributed by atoms with E-state index in [4.69, 9.17) is 14.0 Å². The zero-order valence-electron chi connectivity index (χ0n) is 27.5. The number of unbranched alkanes of at least 4 members (excludes halogenated alkanes) is 8. The molecular formula is C25H45Na3O16P2. The van der Waals surface area contributed by atoms with Crippen molar-refractivity contribution in [1.29, 1.82) is 0 Å². The van der Waals surface area contributed by atoms with Crippen LogP contribution in [0.15, 0.2) is 0 Å². The Hall–Kier alpha value is 2.00. The molecular weight excluding hydrogens is 687 g/mol. The number of phosphoric acid groups is 2. The summed E-state index contributed by atoms with van der Waals surface area (Å²) < 4.78 is 47.3. The summed E-state index contributed by atoms with van der Waals surface area (Å²) in [6.45, 7) is 2.63. The summed E-state index contributed by atoms with van der Waals surface area (Å²) >= 11 is 0. The molecule has 46 heavy (non-hydrogen) atoms. The smallest absolute Gasteiger partial charge is 0.790 e. The van der Waals surface area contributed by atoms with Crippen molar-refractivity contribution in [3.8, 4) is 0 Å². The van der Waals surface area contributed by atoms with Gasteiger partial charge in [0.15, 0.2) is 6.10 Å². The number of phosphoric ester groups is 2. The average Bonchev–Trinajstić information content (AvgIpc) is 2.93. The van der Waals surface area contributed by atoms with E-state index < -0.39 is 83.5 Å². The van der Waals surface area contributed by atoms with Gasteiger partial charge in [-0.3, -0.25) is 14.2 Å².